The number of nitrogens with one attached hydrogen (secondary N) is 1. The van der Waals surface area contributed by atoms with Crippen LogP contribution in [-0.2, 0) is 9.53 Å². The second kappa shape index (κ2) is 7.01. The van der Waals surface area contributed by atoms with E-state index < -0.39 is 0 Å². The molecule has 2 aliphatic heterocycles. The van der Waals surface area contributed by atoms with Gasteiger partial charge in [-0.1, -0.05) is 19.1 Å². The molecule has 3 heterocycles. The van der Waals surface area contributed by atoms with Gasteiger partial charge in [0.25, 0.3) is 0 Å². The molecule has 1 aromatic heterocycles. The number of hydrogen-bond acceptors (Lipinski definition) is 4. The Kier molecular flexibility index (Phi) is 4.51. The molecule has 1 amide bonds. The molecule has 1 aromatic rings. The van der Waals surface area contributed by atoms with Crippen LogP contribution in [0.1, 0.15) is 58.3 Å². The summed E-state index contributed by atoms with van der Waals surface area (Å²) in [5, 5.41) is 3.14. The summed E-state index contributed by atoms with van der Waals surface area (Å²) in [6, 6.07) is 4.37. The lowest BCUT2D eigenvalue weighted by Gasteiger charge is -2.54. The molecule has 3 aliphatic carbocycles. The van der Waals surface area contributed by atoms with Crippen molar-refractivity contribution in [3.8, 4) is 0 Å². The topological polar surface area (TPSA) is 54.5 Å². The molecule has 5 heteroatoms. The number of anilines is 1. The van der Waals surface area contributed by atoms with Gasteiger partial charge in [-0.2, -0.15) is 0 Å². The van der Waals surface area contributed by atoms with Crippen molar-refractivity contribution in [2.75, 3.05) is 19.4 Å². The van der Waals surface area contributed by atoms with Gasteiger partial charge in [-0.3, -0.25) is 9.78 Å². The number of nitrogens with zero attached hydrogens (tertiary/aromatic N) is 2. The van der Waals surface area contributed by atoms with E-state index in [0.29, 0.717) is 12.0 Å². The Bertz CT molecular complexity index is 1000. The third-order valence-corrected chi connectivity index (χ3v) is 9.63. The molecule has 6 atom stereocenters. The van der Waals surface area contributed by atoms with E-state index in [0.717, 1.165) is 50.6 Å². The van der Waals surface area contributed by atoms with Crippen molar-refractivity contribution in [3.05, 3.63) is 47.8 Å². The normalized spacial score (nSPS) is 41.9. The molecule has 3 unspecified atom stereocenters. The minimum absolute atomic E-state index is 0.00582. The summed E-state index contributed by atoms with van der Waals surface area (Å²) in [7, 11) is 4.41. The number of carbonyl (C=O) groups is 1. The summed E-state index contributed by atoms with van der Waals surface area (Å²) in [5.41, 5.74) is 3.38. The standard InChI is InChI=1S/C27H35N3O2/c1-25-11-10-19-15-18-6-7-21(30(2)3)16-26(18)12-13-27(19,32-26)23(25)9-8-22(25)24(31)29-20-5-4-14-28-17-20/h4-5,10,14-15,17,21-23H,6-9,11-13,16H2,1-3H3,(H,29,31)/t21?,22?,23-,25?,26-,27-/m1/s1. The number of fused-ring (bicyclic) bond motifs is 1. The molecule has 5 nitrogen and oxygen atoms in total. The maximum absolute atomic E-state index is 13.4. The maximum atomic E-state index is 13.4. The van der Waals surface area contributed by atoms with Gasteiger partial charge < -0.3 is 15.0 Å². The summed E-state index contributed by atoms with van der Waals surface area (Å²) in [5.74, 6) is 0.546. The highest BCUT2D eigenvalue weighted by Crippen LogP contribution is 2.67. The molecule has 3 fully saturated rings. The fraction of sp³-hybridized carbons (Fsp3) is 0.630. The van der Waals surface area contributed by atoms with E-state index in [1.807, 2.05) is 12.1 Å². The van der Waals surface area contributed by atoms with E-state index in [9.17, 15) is 4.79 Å². The number of hydrogen-bond donors (Lipinski definition) is 1. The predicted molar refractivity (Wildman–Crippen MR) is 125 cm³/mol. The van der Waals surface area contributed by atoms with Crippen molar-refractivity contribution >= 4 is 11.6 Å². The van der Waals surface area contributed by atoms with Crippen LogP contribution >= 0.6 is 0 Å². The van der Waals surface area contributed by atoms with Gasteiger partial charge in [0.15, 0.2) is 0 Å². The SMILES string of the molecule is CN(C)C1CCC2=CC3=CCC4(C)C(C(=O)Nc5cccnc5)CC[C@H]4[C@@]34CC[C@]2(C1)O4. The molecule has 0 aromatic carbocycles. The molecule has 2 bridgehead atoms. The third-order valence-electron chi connectivity index (χ3n) is 9.63. The Morgan fingerprint density at radius 1 is 1.25 bits per heavy atom. The molecule has 170 valence electrons. The first-order valence-electron chi connectivity index (χ1n) is 12.4. The highest BCUT2D eigenvalue weighted by Gasteiger charge is 2.67. The number of rotatable bonds is 3. The molecule has 2 spiro atoms. The summed E-state index contributed by atoms with van der Waals surface area (Å²) >= 11 is 0. The minimum atomic E-state index is -0.200. The van der Waals surface area contributed by atoms with Gasteiger partial charge in [-0.25, -0.2) is 0 Å². The lowest BCUT2D eigenvalue weighted by atomic mass is 9.58. The van der Waals surface area contributed by atoms with Gasteiger partial charge in [-0.05, 0) is 100 Å². The number of carbonyl (C=O) groups excluding carboxylic acids is 1. The fourth-order valence-electron chi connectivity index (χ4n) is 7.92. The molecule has 6 rings (SSSR count). The van der Waals surface area contributed by atoms with E-state index in [-0.39, 0.29) is 28.4 Å². The Labute approximate surface area is 191 Å². The number of allylic oxidation sites excluding steroid dienone is 1. The van der Waals surface area contributed by atoms with E-state index in [4.69, 9.17) is 4.74 Å². The van der Waals surface area contributed by atoms with Crippen LogP contribution in [0.3, 0.4) is 0 Å². The van der Waals surface area contributed by atoms with Crippen molar-refractivity contribution in [2.45, 2.75) is 75.5 Å². The first-order chi connectivity index (χ1) is 15.4. The highest BCUT2D eigenvalue weighted by atomic mass is 16.5. The van der Waals surface area contributed by atoms with Crippen LogP contribution in [0.4, 0.5) is 5.69 Å². The number of ether oxygens (including phenoxy) is 1. The zero-order valence-electron chi connectivity index (χ0n) is 19.6. The van der Waals surface area contributed by atoms with Gasteiger partial charge in [0.2, 0.25) is 5.91 Å². The van der Waals surface area contributed by atoms with Crippen molar-refractivity contribution in [2.24, 2.45) is 17.3 Å². The smallest absolute Gasteiger partial charge is 0.228 e. The monoisotopic (exact) mass is 433 g/mol. The first kappa shape index (κ1) is 20.6. The lowest BCUT2D eigenvalue weighted by molar-refractivity contribution is -0.146. The van der Waals surface area contributed by atoms with Crippen LogP contribution in [0.5, 0.6) is 0 Å². The number of amides is 1. The first-order valence-corrected chi connectivity index (χ1v) is 12.4. The minimum Gasteiger partial charge on any atom is -0.359 e. The Balaban J connectivity index is 1.31. The maximum Gasteiger partial charge on any atom is 0.228 e. The Hall–Kier alpha value is -1.98. The van der Waals surface area contributed by atoms with Crippen molar-refractivity contribution in [3.63, 3.8) is 0 Å². The van der Waals surface area contributed by atoms with Gasteiger partial charge in [-0.15, -0.1) is 0 Å². The van der Waals surface area contributed by atoms with Gasteiger partial charge in [0.1, 0.15) is 0 Å². The van der Waals surface area contributed by atoms with E-state index >= 15 is 0 Å². The largest absolute Gasteiger partial charge is 0.359 e. The van der Waals surface area contributed by atoms with Crippen LogP contribution in [0, 0.1) is 17.3 Å². The van der Waals surface area contributed by atoms with E-state index in [1.165, 1.54) is 17.6 Å². The zero-order chi connectivity index (χ0) is 22.1. The predicted octanol–water partition coefficient (Wildman–Crippen LogP) is 4.72. The summed E-state index contributed by atoms with van der Waals surface area (Å²) in [6.45, 7) is 2.34. The number of aromatic nitrogens is 1. The van der Waals surface area contributed by atoms with Crippen LogP contribution in [0.25, 0.3) is 0 Å². The molecular formula is C27H35N3O2. The quantitative estimate of drug-likeness (QED) is 0.749. The second-order valence-corrected chi connectivity index (χ2v) is 11.3. The van der Waals surface area contributed by atoms with Crippen LogP contribution in [0.2, 0.25) is 0 Å². The van der Waals surface area contributed by atoms with Gasteiger partial charge in [0.05, 0.1) is 23.1 Å². The van der Waals surface area contributed by atoms with Crippen LogP contribution in [0.15, 0.2) is 47.8 Å². The van der Waals surface area contributed by atoms with Crippen LogP contribution in [-0.4, -0.2) is 47.1 Å². The van der Waals surface area contributed by atoms with Crippen molar-refractivity contribution in [1.29, 1.82) is 0 Å². The van der Waals surface area contributed by atoms with Crippen molar-refractivity contribution in [1.82, 2.24) is 9.88 Å². The Morgan fingerprint density at radius 3 is 2.91 bits per heavy atom. The average molecular weight is 434 g/mol. The number of pyridine rings is 1. The van der Waals surface area contributed by atoms with Crippen molar-refractivity contribution < 1.29 is 9.53 Å². The average Bonchev–Trinajstić information content (AvgIpc) is 3.29. The zero-order valence-corrected chi connectivity index (χ0v) is 19.6. The molecule has 1 N–H and O–H groups in total. The Morgan fingerprint density at radius 2 is 2.12 bits per heavy atom. The molecule has 0 radical (unpaired) electrons. The van der Waals surface area contributed by atoms with E-state index in [2.05, 4.69) is 48.4 Å². The lowest BCUT2D eigenvalue weighted by Crippen LogP contribution is -2.55. The van der Waals surface area contributed by atoms with Crippen LogP contribution < -0.4 is 5.32 Å². The van der Waals surface area contributed by atoms with Gasteiger partial charge in [0, 0.05) is 18.2 Å². The van der Waals surface area contributed by atoms with Gasteiger partial charge >= 0.3 is 0 Å². The molecule has 32 heavy (non-hydrogen) atoms. The highest BCUT2D eigenvalue weighted by molar-refractivity contribution is 5.93. The third kappa shape index (κ3) is 2.76. The molecule has 2 saturated carbocycles. The molecular weight excluding hydrogens is 398 g/mol. The fourth-order valence-corrected chi connectivity index (χ4v) is 7.92. The second-order valence-electron chi connectivity index (χ2n) is 11.3. The van der Waals surface area contributed by atoms with E-state index in [1.54, 1.807) is 12.4 Å². The molecule has 1 saturated heterocycles. The molecule has 5 aliphatic rings. The summed E-state index contributed by atoms with van der Waals surface area (Å²) in [4.78, 5) is 19.9. The summed E-state index contributed by atoms with van der Waals surface area (Å²) in [6.07, 6.45) is 17.1. The summed E-state index contributed by atoms with van der Waals surface area (Å²) < 4.78 is 7.28.